The van der Waals surface area contributed by atoms with Crippen LogP contribution in [0.2, 0.25) is 0 Å². The molecule has 2 aromatic rings. The molecule has 1 aromatic heterocycles. The van der Waals surface area contributed by atoms with Crippen LogP contribution in [0.15, 0.2) is 36.0 Å². The molecule has 6 heteroatoms. The molecule has 0 fully saturated rings. The average Bonchev–Trinajstić information content (AvgIpc) is 2.89. The number of nitrogens with zero attached hydrogens (tertiary/aromatic N) is 1. The van der Waals surface area contributed by atoms with Crippen LogP contribution in [0.3, 0.4) is 0 Å². The molecule has 4 rings (SSSR count). The lowest BCUT2D eigenvalue weighted by molar-refractivity contribution is -0.113. The summed E-state index contributed by atoms with van der Waals surface area (Å²) in [6.45, 7) is 0.535. The van der Waals surface area contributed by atoms with Crippen LogP contribution in [-0.4, -0.2) is 28.5 Å². The van der Waals surface area contributed by atoms with Gasteiger partial charge in [0.1, 0.15) is 18.2 Å². The van der Waals surface area contributed by atoms with Gasteiger partial charge in [0.15, 0.2) is 0 Å². The van der Waals surface area contributed by atoms with Gasteiger partial charge in [-0.05, 0) is 17.7 Å². The van der Waals surface area contributed by atoms with E-state index >= 15 is 0 Å². The molecular weight excluding hydrogens is 286 g/mol. The number of aromatic nitrogens is 2. The molecule has 5 nitrogen and oxygen atoms in total. The molecule has 0 radical (unpaired) electrons. The number of benzene rings is 1. The first kappa shape index (κ1) is 12.5. The lowest BCUT2D eigenvalue weighted by atomic mass is 10.0. The van der Waals surface area contributed by atoms with Crippen LogP contribution in [0.5, 0.6) is 5.75 Å². The van der Waals surface area contributed by atoms with E-state index in [9.17, 15) is 4.79 Å². The standard InChI is InChI=1S/C15H13N3O2S/c19-13-8-21-14(11-6-16-18-15(11)17-13)10-5-9-3-1-2-4-12(9)20-7-10/h1-6,14H,7-8H2,(H2,16,17,18,19)/t14-/m1/s1. The zero-order chi connectivity index (χ0) is 14.2. The predicted molar refractivity (Wildman–Crippen MR) is 82.3 cm³/mol. The van der Waals surface area contributed by atoms with E-state index in [1.54, 1.807) is 18.0 Å². The molecule has 1 atom stereocenters. The van der Waals surface area contributed by atoms with E-state index in [0.29, 0.717) is 18.2 Å². The van der Waals surface area contributed by atoms with Gasteiger partial charge in [0.05, 0.1) is 17.2 Å². The van der Waals surface area contributed by atoms with Gasteiger partial charge in [0, 0.05) is 11.1 Å². The van der Waals surface area contributed by atoms with Crippen LogP contribution in [0.4, 0.5) is 5.82 Å². The highest BCUT2D eigenvalue weighted by Gasteiger charge is 2.28. The summed E-state index contributed by atoms with van der Waals surface area (Å²) in [4.78, 5) is 11.7. The molecule has 0 unspecified atom stereocenters. The molecule has 0 aliphatic carbocycles. The first-order valence-corrected chi connectivity index (χ1v) is 7.73. The van der Waals surface area contributed by atoms with Gasteiger partial charge in [-0.25, -0.2) is 0 Å². The van der Waals surface area contributed by atoms with Crippen molar-refractivity contribution in [3.63, 3.8) is 0 Å². The number of carbonyl (C=O) groups is 1. The quantitative estimate of drug-likeness (QED) is 0.849. The fraction of sp³-hybridized carbons (Fsp3) is 0.200. The molecule has 2 N–H and O–H groups in total. The third-order valence-corrected chi connectivity index (χ3v) is 4.91. The fourth-order valence-electron chi connectivity index (χ4n) is 2.61. The Morgan fingerprint density at radius 3 is 3.19 bits per heavy atom. The Labute approximate surface area is 125 Å². The van der Waals surface area contributed by atoms with Gasteiger partial charge < -0.3 is 10.1 Å². The molecule has 0 saturated heterocycles. The van der Waals surface area contributed by atoms with Crippen molar-refractivity contribution >= 4 is 29.6 Å². The predicted octanol–water partition coefficient (Wildman–Crippen LogP) is 2.61. The smallest absolute Gasteiger partial charge is 0.235 e. The van der Waals surface area contributed by atoms with E-state index in [1.807, 2.05) is 24.3 Å². The molecule has 3 heterocycles. The van der Waals surface area contributed by atoms with Gasteiger partial charge in [-0.15, -0.1) is 11.8 Å². The van der Waals surface area contributed by atoms with Crippen molar-refractivity contribution in [2.75, 3.05) is 17.7 Å². The Bertz CT molecular complexity index is 738. The summed E-state index contributed by atoms with van der Waals surface area (Å²) >= 11 is 1.60. The number of para-hydroxylation sites is 1. The molecule has 106 valence electrons. The maximum atomic E-state index is 11.7. The normalized spacial score (nSPS) is 20.5. The number of anilines is 1. The number of ether oxygens (including phenoxy) is 1. The minimum Gasteiger partial charge on any atom is -0.489 e. The average molecular weight is 299 g/mol. The van der Waals surface area contributed by atoms with Crippen molar-refractivity contribution in [1.29, 1.82) is 0 Å². The van der Waals surface area contributed by atoms with Crippen molar-refractivity contribution < 1.29 is 9.53 Å². The SMILES string of the molecule is O=C1CS[C@H](C2=Cc3ccccc3OC2)c2cn[nH]c2N1. The number of thioether (sulfide) groups is 1. The van der Waals surface area contributed by atoms with Crippen molar-refractivity contribution in [2.45, 2.75) is 5.25 Å². The maximum absolute atomic E-state index is 11.7. The number of carbonyl (C=O) groups excluding carboxylic acids is 1. The summed E-state index contributed by atoms with van der Waals surface area (Å²) in [6.07, 6.45) is 3.93. The number of H-pyrrole nitrogens is 1. The van der Waals surface area contributed by atoms with E-state index in [1.165, 1.54) is 0 Å². The zero-order valence-electron chi connectivity index (χ0n) is 11.1. The van der Waals surface area contributed by atoms with Crippen LogP contribution < -0.4 is 10.1 Å². The second-order valence-electron chi connectivity index (χ2n) is 4.99. The Hall–Kier alpha value is -2.21. The molecule has 0 bridgehead atoms. The van der Waals surface area contributed by atoms with E-state index < -0.39 is 0 Å². The largest absolute Gasteiger partial charge is 0.489 e. The summed E-state index contributed by atoms with van der Waals surface area (Å²) in [5.74, 6) is 2.01. The summed E-state index contributed by atoms with van der Waals surface area (Å²) in [5, 5.41) is 9.82. The Balaban J connectivity index is 1.75. The number of nitrogens with one attached hydrogen (secondary N) is 2. The van der Waals surface area contributed by atoms with E-state index in [0.717, 1.165) is 22.4 Å². The second kappa shape index (κ2) is 4.96. The highest BCUT2D eigenvalue weighted by Crippen LogP contribution is 2.43. The summed E-state index contributed by atoms with van der Waals surface area (Å²) in [6, 6.07) is 7.97. The minimum absolute atomic E-state index is 0.00859. The van der Waals surface area contributed by atoms with Gasteiger partial charge in [-0.3, -0.25) is 9.89 Å². The highest BCUT2D eigenvalue weighted by atomic mass is 32.2. The van der Waals surface area contributed by atoms with E-state index in [2.05, 4.69) is 21.6 Å². The monoisotopic (exact) mass is 299 g/mol. The summed E-state index contributed by atoms with van der Waals surface area (Å²) in [5.41, 5.74) is 3.23. The summed E-state index contributed by atoms with van der Waals surface area (Å²) in [7, 11) is 0. The fourth-order valence-corrected chi connectivity index (χ4v) is 3.71. The van der Waals surface area contributed by atoms with Crippen molar-refractivity contribution in [1.82, 2.24) is 10.2 Å². The number of fused-ring (bicyclic) bond motifs is 2. The number of hydrogen-bond acceptors (Lipinski definition) is 4. The first-order chi connectivity index (χ1) is 10.3. The number of aromatic amines is 1. The zero-order valence-corrected chi connectivity index (χ0v) is 11.9. The second-order valence-corrected chi connectivity index (χ2v) is 6.08. The van der Waals surface area contributed by atoms with Gasteiger partial charge in [0.25, 0.3) is 0 Å². The Morgan fingerprint density at radius 2 is 2.24 bits per heavy atom. The van der Waals surface area contributed by atoms with Crippen LogP contribution in [-0.2, 0) is 4.79 Å². The van der Waals surface area contributed by atoms with E-state index in [-0.39, 0.29) is 11.2 Å². The third kappa shape index (κ3) is 2.21. The lowest BCUT2D eigenvalue weighted by Gasteiger charge is -2.23. The maximum Gasteiger partial charge on any atom is 0.235 e. The molecule has 0 saturated carbocycles. The van der Waals surface area contributed by atoms with Crippen LogP contribution in [0.25, 0.3) is 6.08 Å². The Kier molecular flexibility index (Phi) is 2.96. The van der Waals surface area contributed by atoms with Gasteiger partial charge >= 0.3 is 0 Å². The van der Waals surface area contributed by atoms with Crippen molar-refractivity contribution in [2.24, 2.45) is 0 Å². The number of hydrogen-bond donors (Lipinski definition) is 2. The van der Waals surface area contributed by atoms with Crippen LogP contribution in [0.1, 0.15) is 16.4 Å². The molecule has 1 amide bonds. The lowest BCUT2D eigenvalue weighted by Crippen LogP contribution is -2.13. The Morgan fingerprint density at radius 1 is 1.33 bits per heavy atom. The molecule has 21 heavy (non-hydrogen) atoms. The van der Waals surface area contributed by atoms with E-state index in [4.69, 9.17) is 4.74 Å². The van der Waals surface area contributed by atoms with Crippen LogP contribution in [0, 0.1) is 0 Å². The molecule has 2 aliphatic rings. The molecule has 1 aromatic carbocycles. The number of amides is 1. The summed E-state index contributed by atoms with van der Waals surface area (Å²) < 4.78 is 5.83. The third-order valence-electron chi connectivity index (χ3n) is 3.59. The highest BCUT2D eigenvalue weighted by molar-refractivity contribution is 8.00. The van der Waals surface area contributed by atoms with Crippen molar-refractivity contribution in [3.8, 4) is 5.75 Å². The van der Waals surface area contributed by atoms with Crippen LogP contribution >= 0.6 is 11.8 Å². The van der Waals surface area contributed by atoms with Gasteiger partial charge in [-0.2, -0.15) is 5.10 Å². The molecule has 0 spiro atoms. The minimum atomic E-state index is -0.00859. The van der Waals surface area contributed by atoms with Gasteiger partial charge in [-0.1, -0.05) is 18.2 Å². The van der Waals surface area contributed by atoms with Gasteiger partial charge in [0.2, 0.25) is 5.91 Å². The molecule has 2 aliphatic heterocycles. The first-order valence-electron chi connectivity index (χ1n) is 6.68. The molecular formula is C15H13N3O2S. The van der Waals surface area contributed by atoms with Crippen molar-refractivity contribution in [3.05, 3.63) is 47.2 Å². The topological polar surface area (TPSA) is 67.0 Å². The number of rotatable bonds is 1.